The average Bonchev–Trinajstić information content (AvgIpc) is 2.94. The van der Waals surface area contributed by atoms with Gasteiger partial charge in [0.15, 0.2) is 0 Å². The maximum absolute atomic E-state index is 14.0. The van der Waals surface area contributed by atoms with Crippen molar-refractivity contribution in [3.8, 4) is 0 Å². The first kappa shape index (κ1) is 28.1. The van der Waals surface area contributed by atoms with Gasteiger partial charge in [-0.3, -0.25) is 14.4 Å². The molecule has 208 valence electrons. The van der Waals surface area contributed by atoms with Gasteiger partial charge >= 0.3 is 5.97 Å². The quantitative estimate of drug-likeness (QED) is 0.316. The van der Waals surface area contributed by atoms with Crippen LogP contribution in [-0.2, 0) is 16.2 Å². The van der Waals surface area contributed by atoms with E-state index in [0.717, 1.165) is 12.8 Å². The van der Waals surface area contributed by atoms with Gasteiger partial charge < -0.3 is 15.1 Å². The molecule has 5 rings (SSSR count). The van der Waals surface area contributed by atoms with Crippen LogP contribution in [0.3, 0.4) is 0 Å². The predicted molar refractivity (Wildman–Crippen MR) is 149 cm³/mol. The van der Waals surface area contributed by atoms with Crippen LogP contribution in [-0.4, -0.2) is 45.0 Å². The summed E-state index contributed by atoms with van der Waals surface area (Å²) < 4.78 is 0. The van der Waals surface area contributed by atoms with Crippen molar-refractivity contribution in [3.63, 3.8) is 0 Å². The van der Waals surface area contributed by atoms with Crippen molar-refractivity contribution < 1.29 is 29.4 Å². The van der Waals surface area contributed by atoms with Crippen LogP contribution in [0.4, 0.5) is 0 Å². The summed E-state index contributed by atoms with van der Waals surface area (Å²) in [5.74, 6) is -2.71. The van der Waals surface area contributed by atoms with Crippen LogP contribution in [0.5, 0.6) is 0 Å². The number of halogens is 2. The Balaban J connectivity index is 1.51. The molecule has 0 aromatic heterocycles. The van der Waals surface area contributed by atoms with Crippen molar-refractivity contribution in [2.75, 3.05) is 0 Å². The summed E-state index contributed by atoms with van der Waals surface area (Å²) in [6.45, 7) is -0.00361. The molecule has 3 aromatic carbocycles. The highest BCUT2D eigenvalue weighted by atomic mass is 35.5. The SMILES string of the molecule is O=C(O)c1ccc(CONC(=O)[C@H]2c3ccccc3C(=O)N([C@@H]3CCCC[C@H]3O)[C@@H]2c2ccc(Cl)cc2Cl)cc1. The Hall–Kier alpha value is -3.43. The van der Waals surface area contributed by atoms with Crippen molar-refractivity contribution in [3.05, 3.63) is 105 Å². The van der Waals surface area contributed by atoms with Crippen LogP contribution in [0.25, 0.3) is 0 Å². The zero-order valence-electron chi connectivity index (χ0n) is 21.4. The molecule has 3 N–H and O–H groups in total. The van der Waals surface area contributed by atoms with Gasteiger partial charge in [0.25, 0.3) is 11.8 Å². The highest BCUT2D eigenvalue weighted by molar-refractivity contribution is 6.35. The number of hydrogen-bond donors (Lipinski definition) is 3. The Kier molecular flexibility index (Phi) is 8.42. The van der Waals surface area contributed by atoms with Crippen molar-refractivity contribution in [1.82, 2.24) is 10.4 Å². The van der Waals surface area contributed by atoms with E-state index in [1.54, 1.807) is 59.5 Å². The standard InChI is InChI=1S/C30H28Cl2N2O6/c31-19-13-14-22(23(32)15-19)27-26(28(36)33-40-16-17-9-11-18(12-10-17)30(38)39)20-5-1-2-6-21(20)29(37)34(27)24-7-3-4-8-25(24)35/h1-2,5-6,9-15,24-27,35H,3-4,7-8,16H2,(H,33,36)(H,38,39)/t24-,25-,26+,27-/m1/s1. The van der Waals surface area contributed by atoms with E-state index in [4.69, 9.17) is 33.1 Å². The Bertz CT molecular complexity index is 1430. The molecule has 0 spiro atoms. The first-order chi connectivity index (χ1) is 19.3. The summed E-state index contributed by atoms with van der Waals surface area (Å²) in [4.78, 5) is 46.2. The molecule has 1 saturated carbocycles. The van der Waals surface area contributed by atoms with Gasteiger partial charge in [-0.15, -0.1) is 0 Å². The fourth-order valence-corrected chi connectivity index (χ4v) is 6.21. The van der Waals surface area contributed by atoms with Crippen LogP contribution >= 0.6 is 23.2 Å². The second-order valence-electron chi connectivity index (χ2n) is 10.1. The van der Waals surface area contributed by atoms with Gasteiger partial charge in [-0.2, -0.15) is 0 Å². The van der Waals surface area contributed by atoms with Crippen molar-refractivity contribution >= 4 is 41.0 Å². The third-order valence-corrected chi connectivity index (χ3v) is 8.17. The van der Waals surface area contributed by atoms with Crippen LogP contribution in [0.2, 0.25) is 10.0 Å². The molecule has 1 heterocycles. The Morgan fingerprint density at radius 3 is 2.40 bits per heavy atom. The summed E-state index contributed by atoms with van der Waals surface area (Å²) >= 11 is 12.9. The number of carboxylic acid groups (broad SMARTS) is 1. The molecule has 0 bridgehead atoms. The summed E-state index contributed by atoms with van der Waals surface area (Å²) in [6.07, 6.45) is 2.10. The highest BCUT2D eigenvalue weighted by Crippen LogP contribution is 2.47. The Labute approximate surface area is 241 Å². The zero-order chi connectivity index (χ0) is 28.4. The van der Waals surface area contributed by atoms with Gasteiger partial charge in [0, 0.05) is 15.6 Å². The Morgan fingerprint density at radius 1 is 0.975 bits per heavy atom. The minimum absolute atomic E-state index is 0.00361. The first-order valence-electron chi connectivity index (χ1n) is 13.0. The van der Waals surface area contributed by atoms with E-state index in [1.165, 1.54) is 12.1 Å². The lowest BCUT2D eigenvalue weighted by atomic mass is 9.77. The average molecular weight is 583 g/mol. The summed E-state index contributed by atoms with van der Waals surface area (Å²) in [5.41, 5.74) is 4.78. The minimum atomic E-state index is -1.04. The number of amides is 2. The maximum atomic E-state index is 14.0. The van der Waals surface area contributed by atoms with Crippen LogP contribution in [0.15, 0.2) is 66.7 Å². The lowest BCUT2D eigenvalue weighted by molar-refractivity contribution is -0.138. The minimum Gasteiger partial charge on any atom is -0.478 e. The summed E-state index contributed by atoms with van der Waals surface area (Å²) in [7, 11) is 0. The largest absolute Gasteiger partial charge is 0.478 e. The molecule has 2 aliphatic rings. The molecular weight excluding hydrogens is 555 g/mol. The number of aromatic carboxylic acids is 1. The van der Waals surface area contributed by atoms with Crippen LogP contribution in [0.1, 0.15) is 75.0 Å². The van der Waals surface area contributed by atoms with E-state index in [0.29, 0.717) is 45.1 Å². The normalized spacial score (nSPS) is 22.5. The lowest BCUT2D eigenvalue weighted by Gasteiger charge is -2.48. The monoisotopic (exact) mass is 582 g/mol. The number of aliphatic hydroxyl groups excluding tert-OH is 1. The fraction of sp³-hybridized carbons (Fsp3) is 0.300. The van der Waals surface area contributed by atoms with Gasteiger partial charge in [-0.05, 0) is 59.9 Å². The molecule has 1 fully saturated rings. The highest BCUT2D eigenvalue weighted by Gasteiger charge is 2.49. The number of carbonyl (C=O) groups is 3. The maximum Gasteiger partial charge on any atom is 0.335 e. The van der Waals surface area contributed by atoms with Crippen molar-refractivity contribution in [2.45, 2.75) is 56.4 Å². The van der Waals surface area contributed by atoms with Crippen LogP contribution in [0, 0.1) is 0 Å². The third-order valence-electron chi connectivity index (χ3n) is 7.60. The van der Waals surface area contributed by atoms with E-state index in [2.05, 4.69) is 5.48 Å². The van der Waals surface area contributed by atoms with Gasteiger partial charge in [-0.1, -0.05) is 72.4 Å². The third kappa shape index (κ3) is 5.58. The smallest absolute Gasteiger partial charge is 0.335 e. The number of nitrogens with one attached hydrogen (secondary N) is 1. The number of nitrogens with zero attached hydrogens (tertiary/aromatic N) is 1. The Morgan fingerprint density at radius 2 is 1.70 bits per heavy atom. The molecule has 1 aliphatic heterocycles. The van der Waals surface area contributed by atoms with E-state index >= 15 is 0 Å². The molecule has 3 aromatic rings. The van der Waals surface area contributed by atoms with E-state index < -0.39 is 36.0 Å². The summed E-state index contributed by atoms with van der Waals surface area (Å²) in [5, 5.41) is 20.8. The van der Waals surface area contributed by atoms with Gasteiger partial charge in [0.2, 0.25) is 0 Å². The fourth-order valence-electron chi connectivity index (χ4n) is 5.69. The molecule has 4 atom stereocenters. The number of aliphatic hydroxyl groups is 1. The first-order valence-corrected chi connectivity index (χ1v) is 13.8. The predicted octanol–water partition coefficient (Wildman–Crippen LogP) is 5.52. The molecule has 40 heavy (non-hydrogen) atoms. The molecular formula is C30H28Cl2N2O6. The van der Waals surface area contributed by atoms with E-state index in [-0.39, 0.29) is 18.1 Å². The number of fused-ring (bicyclic) bond motifs is 1. The number of carboxylic acids is 1. The number of benzene rings is 3. The van der Waals surface area contributed by atoms with E-state index in [1.807, 2.05) is 0 Å². The molecule has 1 aliphatic carbocycles. The van der Waals surface area contributed by atoms with E-state index in [9.17, 15) is 19.5 Å². The molecule has 10 heteroatoms. The van der Waals surface area contributed by atoms with Crippen molar-refractivity contribution in [2.24, 2.45) is 0 Å². The van der Waals surface area contributed by atoms with Crippen molar-refractivity contribution in [1.29, 1.82) is 0 Å². The number of carbonyl (C=O) groups excluding carboxylic acids is 2. The van der Waals surface area contributed by atoms with Crippen LogP contribution < -0.4 is 5.48 Å². The second kappa shape index (κ2) is 12.0. The number of hydroxylamine groups is 1. The number of hydrogen-bond acceptors (Lipinski definition) is 5. The number of rotatable bonds is 7. The second-order valence-corrected chi connectivity index (χ2v) is 10.9. The van der Waals surface area contributed by atoms with Gasteiger partial charge in [0.05, 0.1) is 36.3 Å². The molecule has 0 saturated heterocycles. The summed E-state index contributed by atoms with van der Waals surface area (Å²) in [6, 6.07) is 16.7. The molecule has 0 radical (unpaired) electrons. The topological polar surface area (TPSA) is 116 Å². The molecule has 8 nitrogen and oxygen atoms in total. The lowest BCUT2D eigenvalue weighted by Crippen LogP contribution is -2.55. The zero-order valence-corrected chi connectivity index (χ0v) is 22.9. The molecule has 0 unspecified atom stereocenters. The van der Waals surface area contributed by atoms with Gasteiger partial charge in [-0.25, -0.2) is 10.3 Å². The van der Waals surface area contributed by atoms with Gasteiger partial charge in [0.1, 0.15) is 0 Å². The molecule has 2 amide bonds.